The number of urea groups is 1. The van der Waals surface area contributed by atoms with E-state index in [-0.39, 0.29) is 24.0 Å². The maximum Gasteiger partial charge on any atom is 0.315 e. The van der Waals surface area contributed by atoms with Crippen LogP contribution in [0.15, 0.2) is 0 Å². The molecule has 6 nitrogen and oxygen atoms in total. The molecule has 2 unspecified atom stereocenters. The normalized spacial score (nSPS) is 31.8. The maximum absolute atomic E-state index is 11.8. The third-order valence-electron chi connectivity index (χ3n) is 4.06. The first-order chi connectivity index (χ1) is 8.92. The molecule has 1 aliphatic heterocycles. The van der Waals surface area contributed by atoms with Crippen LogP contribution < -0.4 is 10.6 Å². The van der Waals surface area contributed by atoms with Gasteiger partial charge >= 0.3 is 12.0 Å². The first-order valence-electron chi connectivity index (χ1n) is 6.32. The molecule has 2 atom stereocenters. The van der Waals surface area contributed by atoms with Crippen molar-refractivity contribution in [3.05, 3.63) is 0 Å². The summed E-state index contributed by atoms with van der Waals surface area (Å²) in [7, 11) is 0. The van der Waals surface area contributed by atoms with Crippen LogP contribution in [0.4, 0.5) is 4.79 Å². The molecule has 1 aliphatic carbocycles. The van der Waals surface area contributed by atoms with Gasteiger partial charge in [0.25, 0.3) is 0 Å². The zero-order valence-electron chi connectivity index (χ0n) is 11.2. The average Bonchev–Trinajstić information content (AvgIpc) is 3.07. The van der Waals surface area contributed by atoms with Crippen LogP contribution in [-0.4, -0.2) is 53.9 Å². The molecule has 2 aliphatic rings. The first-order valence-corrected chi connectivity index (χ1v) is 7.55. The van der Waals surface area contributed by atoms with Gasteiger partial charge in [-0.15, -0.1) is 0 Å². The second-order valence-corrected chi connectivity index (χ2v) is 6.78. The van der Waals surface area contributed by atoms with Crippen LogP contribution in [0.3, 0.4) is 0 Å². The number of carboxylic acid groups (broad SMARTS) is 1. The predicted octanol–water partition coefficient (Wildman–Crippen LogP) is 0.671. The van der Waals surface area contributed by atoms with Crippen molar-refractivity contribution in [1.29, 1.82) is 0 Å². The van der Waals surface area contributed by atoms with Crippen LogP contribution in [0.25, 0.3) is 0 Å². The van der Waals surface area contributed by atoms with E-state index >= 15 is 0 Å². The zero-order valence-corrected chi connectivity index (χ0v) is 12.0. The van der Waals surface area contributed by atoms with Gasteiger partial charge in [0.1, 0.15) is 5.41 Å². The van der Waals surface area contributed by atoms with E-state index in [9.17, 15) is 14.7 Å². The topological polar surface area (TPSA) is 87.7 Å². The Labute approximate surface area is 116 Å². The number of amides is 2. The lowest BCUT2D eigenvalue weighted by atomic mass is 9.85. The molecule has 19 heavy (non-hydrogen) atoms. The average molecular weight is 288 g/mol. The van der Waals surface area contributed by atoms with Gasteiger partial charge in [0, 0.05) is 11.3 Å². The van der Waals surface area contributed by atoms with Gasteiger partial charge in [-0.25, -0.2) is 4.79 Å². The fraction of sp³-hybridized carbons (Fsp3) is 0.833. The minimum absolute atomic E-state index is 0.127. The summed E-state index contributed by atoms with van der Waals surface area (Å²) in [4.78, 5) is 23.1. The van der Waals surface area contributed by atoms with Gasteiger partial charge < -0.3 is 20.5 Å². The summed E-state index contributed by atoms with van der Waals surface area (Å²) in [5.41, 5.74) is -1.05. The highest BCUT2D eigenvalue weighted by Crippen LogP contribution is 2.46. The third kappa shape index (κ3) is 2.97. The van der Waals surface area contributed by atoms with Crippen molar-refractivity contribution < 1.29 is 19.4 Å². The first kappa shape index (κ1) is 14.5. The predicted molar refractivity (Wildman–Crippen MR) is 72.4 cm³/mol. The van der Waals surface area contributed by atoms with Crippen LogP contribution >= 0.6 is 11.8 Å². The van der Waals surface area contributed by atoms with Crippen molar-refractivity contribution >= 4 is 23.8 Å². The van der Waals surface area contributed by atoms with Crippen molar-refractivity contribution in [1.82, 2.24) is 10.6 Å². The molecular weight excluding hydrogens is 268 g/mol. The van der Waals surface area contributed by atoms with Gasteiger partial charge in [-0.05, 0) is 26.0 Å². The lowest BCUT2D eigenvalue weighted by molar-refractivity contribution is -0.148. The molecule has 2 rings (SSSR count). The number of thioether (sulfide) groups is 1. The molecule has 0 bridgehead atoms. The summed E-state index contributed by atoms with van der Waals surface area (Å²) in [6.45, 7) is 2.58. The highest BCUT2D eigenvalue weighted by molar-refractivity contribution is 8.00. The van der Waals surface area contributed by atoms with Gasteiger partial charge in [0.2, 0.25) is 0 Å². The SMILES string of the molecule is CSC1(CNC(=O)NC2COCC2(C)C(=O)O)CC1. The van der Waals surface area contributed by atoms with E-state index in [1.165, 1.54) is 0 Å². The Kier molecular flexibility index (Phi) is 3.96. The highest BCUT2D eigenvalue weighted by Gasteiger charge is 2.47. The quantitative estimate of drug-likeness (QED) is 0.692. The van der Waals surface area contributed by atoms with E-state index in [4.69, 9.17) is 4.74 Å². The zero-order chi connectivity index (χ0) is 14.1. The number of hydrogen-bond acceptors (Lipinski definition) is 4. The molecule has 2 fully saturated rings. The summed E-state index contributed by atoms with van der Waals surface area (Å²) >= 11 is 1.77. The molecule has 1 saturated carbocycles. The summed E-state index contributed by atoms with van der Waals surface area (Å²) < 4.78 is 5.38. The number of carbonyl (C=O) groups is 2. The van der Waals surface area contributed by atoms with Crippen LogP contribution in [0, 0.1) is 5.41 Å². The molecule has 0 aromatic carbocycles. The van der Waals surface area contributed by atoms with Crippen molar-refractivity contribution in [3.63, 3.8) is 0 Å². The van der Waals surface area contributed by atoms with Crippen molar-refractivity contribution in [2.75, 3.05) is 26.0 Å². The minimum atomic E-state index is -1.05. The fourth-order valence-corrected chi connectivity index (χ4v) is 2.85. The number of aliphatic carboxylic acids is 1. The molecule has 3 N–H and O–H groups in total. The molecule has 2 amide bonds. The molecule has 0 spiro atoms. The standard InChI is InChI=1S/C12H20N2O4S/c1-11(9(15)16)7-18-5-8(11)14-10(17)13-6-12(19-2)3-4-12/h8H,3-7H2,1-2H3,(H,15,16)(H2,13,14,17). The van der Waals surface area contributed by atoms with Crippen molar-refractivity contribution in [3.8, 4) is 0 Å². The van der Waals surface area contributed by atoms with E-state index in [0.717, 1.165) is 12.8 Å². The Bertz CT molecular complexity index is 386. The Morgan fingerprint density at radius 3 is 2.68 bits per heavy atom. The summed E-state index contributed by atoms with van der Waals surface area (Å²) in [6.07, 6.45) is 4.28. The van der Waals surface area contributed by atoms with Crippen LogP contribution in [0.2, 0.25) is 0 Å². The van der Waals surface area contributed by atoms with E-state index < -0.39 is 17.4 Å². The lowest BCUT2D eigenvalue weighted by Crippen LogP contribution is -2.53. The largest absolute Gasteiger partial charge is 0.481 e. The number of hydrogen-bond donors (Lipinski definition) is 3. The second-order valence-electron chi connectivity index (χ2n) is 5.50. The lowest BCUT2D eigenvalue weighted by Gasteiger charge is -2.25. The summed E-state index contributed by atoms with van der Waals surface area (Å²) in [5, 5.41) is 14.7. The number of carbonyl (C=O) groups excluding carboxylic acids is 1. The molecule has 0 aromatic rings. The summed E-state index contributed by atoms with van der Waals surface area (Å²) in [6, 6.07) is -0.808. The molecule has 1 saturated heterocycles. The van der Waals surface area contributed by atoms with Crippen LogP contribution in [0.5, 0.6) is 0 Å². The Morgan fingerprint density at radius 1 is 1.47 bits per heavy atom. The smallest absolute Gasteiger partial charge is 0.315 e. The third-order valence-corrected chi connectivity index (χ3v) is 5.48. The van der Waals surface area contributed by atoms with E-state index in [2.05, 4.69) is 10.6 Å². The molecule has 0 aromatic heterocycles. The molecule has 0 radical (unpaired) electrons. The van der Waals surface area contributed by atoms with Crippen LogP contribution in [-0.2, 0) is 9.53 Å². The summed E-state index contributed by atoms with van der Waals surface area (Å²) in [5.74, 6) is -0.946. The van der Waals surface area contributed by atoms with Crippen LogP contribution in [0.1, 0.15) is 19.8 Å². The highest BCUT2D eigenvalue weighted by atomic mass is 32.2. The Hall–Kier alpha value is -0.950. The van der Waals surface area contributed by atoms with E-state index in [0.29, 0.717) is 6.54 Å². The van der Waals surface area contributed by atoms with Crippen molar-refractivity contribution in [2.24, 2.45) is 5.41 Å². The number of carboxylic acids is 1. The Balaban J connectivity index is 1.83. The van der Waals surface area contributed by atoms with Gasteiger partial charge in [-0.1, -0.05) is 0 Å². The fourth-order valence-electron chi connectivity index (χ4n) is 2.13. The van der Waals surface area contributed by atoms with Gasteiger partial charge in [-0.2, -0.15) is 11.8 Å². The monoisotopic (exact) mass is 288 g/mol. The van der Waals surface area contributed by atoms with E-state index in [1.54, 1.807) is 18.7 Å². The van der Waals surface area contributed by atoms with Gasteiger partial charge in [0.05, 0.1) is 19.3 Å². The van der Waals surface area contributed by atoms with Gasteiger partial charge in [0.15, 0.2) is 0 Å². The Morgan fingerprint density at radius 2 is 2.16 bits per heavy atom. The van der Waals surface area contributed by atoms with Crippen molar-refractivity contribution in [2.45, 2.75) is 30.6 Å². The number of nitrogens with one attached hydrogen (secondary N) is 2. The molecule has 1 heterocycles. The molecular formula is C12H20N2O4S. The molecule has 7 heteroatoms. The van der Waals surface area contributed by atoms with E-state index in [1.807, 2.05) is 6.26 Å². The second kappa shape index (κ2) is 5.20. The maximum atomic E-state index is 11.8. The molecule has 108 valence electrons. The number of rotatable bonds is 5. The van der Waals surface area contributed by atoms with Gasteiger partial charge in [-0.3, -0.25) is 4.79 Å². The minimum Gasteiger partial charge on any atom is -0.481 e. The number of ether oxygens (including phenoxy) is 1.